The molecule has 0 unspecified atom stereocenters. The number of carbonyl (C=O) groups excluding carboxylic acids is 1. The molecule has 28 heavy (non-hydrogen) atoms. The third kappa shape index (κ3) is 4.11. The van der Waals surface area contributed by atoms with E-state index in [-0.39, 0.29) is 22.0 Å². The van der Waals surface area contributed by atoms with Crippen LogP contribution in [0, 0.1) is 5.82 Å². The van der Waals surface area contributed by atoms with E-state index in [4.69, 9.17) is 9.94 Å². The molecule has 0 aliphatic heterocycles. The molecule has 1 amide bonds. The molecule has 1 heterocycles. The zero-order valence-corrected chi connectivity index (χ0v) is 16.0. The maximum absolute atomic E-state index is 13.0. The number of amides is 1. The van der Waals surface area contributed by atoms with E-state index < -0.39 is 21.7 Å². The molecule has 2 aromatic carbocycles. The Hall–Kier alpha value is -3.02. The van der Waals surface area contributed by atoms with Crippen LogP contribution in [0.1, 0.15) is 10.4 Å². The van der Waals surface area contributed by atoms with Gasteiger partial charge in [-0.15, -0.1) is 11.3 Å². The van der Waals surface area contributed by atoms with Gasteiger partial charge in [0.1, 0.15) is 16.6 Å². The number of sulfonamides is 1. The average Bonchev–Trinajstić information content (AvgIpc) is 3.19. The van der Waals surface area contributed by atoms with E-state index in [1.807, 2.05) is 0 Å². The highest BCUT2D eigenvalue weighted by Gasteiger charge is 2.21. The highest BCUT2D eigenvalue weighted by Crippen LogP contribution is 2.30. The van der Waals surface area contributed by atoms with Crippen molar-refractivity contribution in [3.8, 4) is 16.3 Å². The minimum Gasteiger partial charge on any atom is -0.495 e. The van der Waals surface area contributed by atoms with Crippen molar-refractivity contribution in [2.24, 2.45) is 0 Å². The first kappa shape index (κ1) is 19.7. The molecule has 0 aliphatic rings. The second kappa shape index (κ2) is 7.92. The van der Waals surface area contributed by atoms with Gasteiger partial charge in [-0.2, -0.15) is 8.42 Å². The molecule has 8 nitrogen and oxygen atoms in total. The van der Waals surface area contributed by atoms with E-state index in [0.29, 0.717) is 10.6 Å². The molecule has 3 N–H and O–H groups in total. The van der Waals surface area contributed by atoms with Gasteiger partial charge in [-0.1, -0.05) is 0 Å². The van der Waals surface area contributed by atoms with Crippen molar-refractivity contribution in [2.75, 3.05) is 11.8 Å². The number of hydrogen-bond acceptors (Lipinski definition) is 7. The van der Waals surface area contributed by atoms with Crippen LogP contribution >= 0.6 is 11.3 Å². The number of rotatable bonds is 6. The van der Waals surface area contributed by atoms with Gasteiger partial charge in [0.25, 0.3) is 15.9 Å². The van der Waals surface area contributed by atoms with Crippen LogP contribution in [0.5, 0.6) is 5.75 Å². The molecule has 0 saturated heterocycles. The van der Waals surface area contributed by atoms with Crippen LogP contribution < -0.4 is 14.9 Å². The van der Waals surface area contributed by atoms with Crippen molar-refractivity contribution < 1.29 is 27.5 Å². The summed E-state index contributed by atoms with van der Waals surface area (Å²) >= 11 is 1.10. The maximum atomic E-state index is 13.0. The van der Waals surface area contributed by atoms with Crippen LogP contribution in [-0.2, 0) is 10.0 Å². The van der Waals surface area contributed by atoms with Gasteiger partial charge in [-0.25, -0.2) is 14.9 Å². The van der Waals surface area contributed by atoms with Gasteiger partial charge in [0.05, 0.1) is 12.8 Å². The Morgan fingerprint density at radius 2 is 1.93 bits per heavy atom. The average molecular weight is 423 g/mol. The number of benzene rings is 2. The number of nitrogens with zero attached hydrogens (tertiary/aromatic N) is 1. The van der Waals surface area contributed by atoms with E-state index in [2.05, 4.69) is 9.71 Å². The van der Waals surface area contributed by atoms with Crippen molar-refractivity contribution >= 4 is 33.0 Å². The Kier molecular flexibility index (Phi) is 5.58. The molecule has 1 aromatic heterocycles. The fraction of sp³-hybridized carbons (Fsp3) is 0.0588. The summed E-state index contributed by atoms with van der Waals surface area (Å²) in [6.45, 7) is 0. The Morgan fingerprint density at radius 1 is 1.21 bits per heavy atom. The number of ether oxygens (including phenoxy) is 1. The SMILES string of the molecule is COc1cc(C(=O)NO)ccc1NS(=O)(=O)c1csc(-c2ccc(F)cc2)n1. The van der Waals surface area contributed by atoms with E-state index in [0.717, 1.165) is 11.3 Å². The van der Waals surface area contributed by atoms with Gasteiger partial charge >= 0.3 is 0 Å². The Balaban J connectivity index is 1.88. The fourth-order valence-electron chi connectivity index (χ4n) is 2.29. The molecule has 11 heteroatoms. The van der Waals surface area contributed by atoms with Crippen LogP contribution in [0.3, 0.4) is 0 Å². The largest absolute Gasteiger partial charge is 0.495 e. The first-order chi connectivity index (χ1) is 13.3. The van der Waals surface area contributed by atoms with Crippen molar-refractivity contribution in [1.82, 2.24) is 10.5 Å². The summed E-state index contributed by atoms with van der Waals surface area (Å²) < 4.78 is 45.8. The number of thiazole rings is 1. The lowest BCUT2D eigenvalue weighted by Crippen LogP contribution is -2.19. The molecule has 146 valence electrons. The van der Waals surface area contributed by atoms with Gasteiger partial charge < -0.3 is 4.74 Å². The number of hydroxylamine groups is 1. The van der Waals surface area contributed by atoms with Gasteiger partial charge in [0, 0.05) is 16.5 Å². The molecule has 0 atom stereocenters. The molecular weight excluding hydrogens is 409 g/mol. The van der Waals surface area contributed by atoms with Crippen molar-refractivity contribution in [3.05, 3.63) is 59.2 Å². The zero-order chi connectivity index (χ0) is 20.3. The second-order valence-electron chi connectivity index (χ2n) is 5.46. The minimum atomic E-state index is -4.03. The molecule has 3 aromatic rings. The predicted molar refractivity (Wildman–Crippen MR) is 101 cm³/mol. The Labute approximate surface area is 163 Å². The third-order valence-electron chi connectivity index (χ3n) is 3.66. The Bertz CT molecular complexity index is 1110. The highest BCUT2D eigenvalue weighted by atomic mass is 32.2. The molecule has 0 saturated carbocycles. The number of halogens is 1. The number of methoxy groups -OCH3 is 1. The van der Waals surface area contributed by atoms with E-state index >= 15 is 0 Å². The van der Waals surface area contributed by atoms with E-state index in [1.54, 1.807) is 0 Å². The molecule has 3 rings (SSSR count). The molecular formula is C17H14FN3O5S2. The van der Waals surface area contributed by atoms with E-state index in [9.17, 15) is 17.6 Å². The summed E-state index contributed by atoms with van der Waals surface area (Å²) in [6.07, 6.45) is 0. The number of anilines is 1. The lowest BCUT2D eigenvalue weighted by molar-refractivity contribution is 0.0706. The quantitative estimate of drug-likeness (QED) is 0.415. The van der Waals surface area contributed by atoms with Crippen molar-refractivity contribution in [3.63, 3.8) is 0 Å². The van der Waals surface area contributed by atoms with E-state index in [1.165, 1.54) is 60.4 Å². The predicted octanol–water partition coefficient (Wildman–Crippen LogP) is 2.88. The molecule has 0 aliphatic carbocycles. The summed E-state index contributed by atoms with van der Waals surface area (Å²) in [6, 6.07) is 9.45. The molecule has 0 bridgehead atoms. The fourth-order valence-corrected chi connectivity index (χ4v) is 4.46. The first-order valence-electron chi connectivity index (χ1n) is 7.71. The summed E-state index contributed by atoms with van der Waals surface area (Å²) in [7, 11) is -2.73. The third-order valence-corrected chi connectivity index (χ3v) is 5.95. The van der Waals surface area contributed by atoms with Gasteiger partial charge in [-0.3, -0.25) is 14.7 Å². The summed E-state index contributed by atoms with van der Waals surface area (Å²) in [5.41, 5.74) is 2.24. The van der Waals surface area contributed by atoms with Gasteiger partial charge in [-0.05, 0) is 42.5 Å². The zero-order valence-electron chi connectivity index (χ0n) is 14.3. The summed E-state index contributed by atoms with van der Waals surface area (Å²) in [5, 5.41) is 10.3. The van der Waals surface area contributed by atoms with Crippen molar-refractivity contribution in [1.29, 1.82) is 0 Å². The number of aromatic nitrogens is 1. The number of nitrogens with one attached hydrogen (secondary N) is 2. The van der Waals surface area contributed by atoms with Crippen LogP contribution in [0.25, 0.3) is 10.6 Å². The number of hydrogen-bond donors (Lipinski definition) is 3. The lowest BCUT2D eigenvalue weighted by Gasteiger charge is -2.11. The van der Waals surface area contributed by atoms with Crippen molar-refractivity contribution in [2.45, 2.75) is 5.03 Å². The molecule has 0 fully saturated rings. The van der Waals surface area contributed by atoms with Crippen LogP contribution in [0.2, 0.25) is 0 Å². The summed E-state index contributed by atoms with van der Waals surface area (Å²) in [4.78, 5) is 15.6. The van der Waals surface area contributed by atoms with Gasteiger partial charge in [0.15, 0.2) is 5.03 Å². The minimum absolute atomic E-state index is 0.0783. The number of carbonyl (C=O) groups is 1. The molecule has 0 radical (unpaired) electrons. The van der Waals surface area contributed by atoms with Gasteiger partial charge in [0.2, 0.25) is 0 Å². The monoisotopic (exact) mass is 423 g/mol. The van der Waals surface area contributed by atoms with Crippen LogP contribution in [0.4, 0.5) is 10.1 Å². The summed E-state index contributed by atoms with van der Waals surface area (Å²) in [5.74, 6) is -1.09. The standard InChI is InChI=1S/C17H14FN3O5S2/c1-26-14-8-11(16(22)20-23)4-7-13(14)21-28(24,25)15-9-27-17(19-15)10-2-5-12(18)6-3-10/h2-9,21,23H,1H3,(H,20,22). The van der Waals surface area contributed by atoms with Crippen LogP contribution in [0.15, 0.2) is 52.9 Å². The second-order valence-corrected chi connectivity index (χ2v) is 7.95. The topological polar surface area (TPSA) is 118 Å². The molecule has 0 spiro atoms. The maximum Gasteiger partial charge on any atom is 0.280 e. The van der Waals surface area contributed by atoms with Crippen LogP contribution in [-0.4, -0.2) is 31.6 Å². The Morgan fingerprint density at radius 3 is 2.57 bits per heavy atom. The lowest BCUT2D eigenvalue weighted by atomic mass is 10.2. The highest BCUT2D eigenvalue weighted by molar-refractivity contribution is 7.92. The smallest absolute Gasteiger partial charge is 0.280 e. The first-order valence-corrected chi connectivity index (χ1v) is 10.1. The normalized spacial score (nSPS) is 11.1.